The molecule has 0 amide bonds. The first kappa shape index (κ1) is 9.21. The summed E-state index contributed by atoms with van der Waals surface area (Å²) < 4.78 is 0. The van der Waals surface area contributed by atoms with E-state index < -0.39 is 0 Å². The molecule has 1 rings (SSSR count). The van der Waals surface area contributed by atoms with Gasteiger partial charge in [-0.15, -0.1) is 0 Å². The van der Waals surface area contributed by atoms with Crippen molar-refractivity contribution in [3.63, 3.8) is 0 Å². The van der Waals surface area contributed by atoms with E-state index in [0.29, 0.717) is 5.92 Å². The number of isocyanates is 1. The van der Waals surface area contributed by atoms with Gasteiger partial charge in [-0.05, 0) is 19.3 Å². The van der Waals surface area contributed by atoms with Crippen LogP contribution in [0.4, 0.5) is 0 Å². The summed E-state index contributed by atoms with van der Waals surface area (Å²) in [5, 5.41) is 0. The summed E-state index contributed by atoms with van der Waals surface area (Å²) in [6, 6.07) is 0.157. The third-order valence-corrected chi connectivity index (χ3v) is 2.56. The SMILES string of the molecule is CC(C)=CC1C(N=C=O)C1(C)C. The third kappa shape index (κ3) is 1.49. The zero-order valence-corrected chi connectivity index (χ0v) is 8.09. The van der Waals surface area contributed by atoms with Gasteiger partial charge in [-0.3, -0.25) is 0 Å². The first-order chi connectivity index (χ1) is 5.50. The molecule has 1 aliphatic carbocycles. The fourth-order valence-electron chi connectivity index (χ4n) is 1.62. The Bertz CT molecular complexity index is 255. The van der Waals surface area contributed by atoms with Crippen molar-refractivity contribution in [3.05, 3.63) is 11.6 Å². The zero-order valence-electron chi connectivity index (χ0n) is 8.09. The van der Waals surface area contributed by atoms with E-state index in [1.165, 1.54) is 5.57 Å². The van der Waals surface area contributed by atoms with Crippen molar-refractivity contribution in [1.82, 2.24) is 0 Å². The molecule has 0 aromatic heterocycles. The van der Waals surface area contributed by atoms with Crippen molar-refractivity contribution in [2.75, 3.05) is 0 Å². The average Bonchev–Trinajstić information content (AvgIpc) is 2.39. The zero-order chi connectivity index (χ0) is 9.35. The van der Waals surface area contributed by atoms with Crippen LogP contribution in [0, 0.1) is 11.3 Å². The van der Waals surface area contributed by atoms with E-state index in [-0.39, 0.29) is 11.5 Å². The Labute approximate surface area is 73.4 Å². The molecule has 0 heterocycles. The van der Waals surface area contributed by atoms with E-state index >= 15 is 0 Å². The van der Waals surface area contributed by atoms with Crippen LogP contribution in [0.2, 0.25) is 0 Å². The Hall–Kier alpha value is -0.880. The van der Waals surface area contributed by atoms with Crippen molar-refractivity contribution < 1.29 is 4.79 Å². The van der Waals surface area contributed by atoms with E-state index in [9.17, 15) is 4.79 Å². The molecule has 0 aliphatic heterocycles. The van der Waals surface area contributed by atoms with Gasteiger partial charge in [-0.25, -0.2) is 9.79 Å². The van der Waals surface area contributed by atoms with Crippen LogP contribution in [0.1, 0.15) is 27.7 Å². The molecular weight excluding hydrogens is 150 g/mol. The smallest absolute Gasteiger partial charge is 0.211 e. The first-order valence-electron chi connectivity index (χ1n) is 4.22. The molecule has 2 nitrogen and oxygen atoms in total. The molecular formula is C10H15NO. The second-order valence-corrected chi connectivity index (χ2v) is 4.26. The maximum atomic E-state index is 10.1. The highest BCUT2D eigenvalue weighted by Gasteiger charge is 2.56. The van der Waals surface area contributed by atoms with Crippen LogP contribution in [-0.2, 0) is 4.79 Å². The summed E-state index contributed by atoms with van der Waals surface area (Å²) >= 11 is 0. The number of carbonyl (C=O) groups excluding carboxylic acids is 1. The van der Waals surface area contributed by atoms with Crippen LogP contribution in [-0.4, -0.2) is 12.1 Å². The minimum absolute atomic E-state index is 0.157. The van der Waals surface area contributed by atoms with Crippen LogP contribution >= 0.6 is 0 Å². The minimum Gasteiger partial charge on any atom is -0.211 e. The lowest BCUT2D eigenvalue weighted by Crippen LogP contribution is -1.90. The summed E-state index contributed by atoms with van der Waals surface area (Å²) in [6.45, 7) is 8.39. The predicted octanol–water partition coefficient (Wildman–Crippen LogP) is 2.31. The Balaban J connectivity index is 2.73. The predicted molar refractivity (Wildman–Crippen MR) is 48.6 cm³/mol. The fourth-order valence-corrected chi connectivity index (χ4v) is 1.62. The topological polar surface area (TPSA) is 29.4 Å². The van der Waals surface area contributed by atoms with Crippen molar-refractivity contribution in [1.29, 1.82) is 0 Å². The van der Waals surface area contributed by atoms with Gasteiger partial charge in [0.25, 0.3) is 0 Å². The van der Waals surface area contributed by atoms with Crippen LogP contribution in [0.25, 0.3) is 0 Å². The summed E-state index contributed by atoms with van der Waals surface area (Å²) in [5.74, 6) is 0.434. The molecule has 0 bridgehead atoms. The Morgan fingerprint density at radius 3 is 2.50 bits per heavy atom. The minimum atomic E-state index is 0.157. The lowest BCUT2D eigenvalue weighted by Gasteiger charge is -1.95. The van der Waals surface area contributed by atoms with Crippen molar-refractivity contribution >= 4 is 6.08 Å². The van der Waals surface area contributed by atoms with Gasteiger partial charge in [0, 0.05) is 5.92 Å². The quantitative estimate of drug-likeness (QED) is 0.351. The van der Waals surface area contributed by atoms with Gasteiger partial charge in [0.15, 0.2) is 0 Å². The number of allylic oxidation sites excluding steroid dienone is 1. The number of hydrogen-bond donors (Lipinski definition) is 0. The Morgan fingerprint density at radius 2 is 2.08 bits per heavy atom. The molecule has 0 N–H and O–H groups in total. The van der Waals surface area contributed by atoms with Crippen molar-refractivity contribution in [2.24, 2.45) is 16.3 Å². The van der Waals surface area contributed by atoms with Crippen LogP contribution in [0.3, 0.4) is 0 Å². The average molecular weight is 165 g/mol. The highest BCUT2D eigenvalue weighted by atomic mass is 16.1. The molecule has 0 saturated heterocycles. The molecule has 0 radical (unpaired) electrons. The molecule has 2 heteroatoms. The summed E-state index contributed by atoms with van der Waals surface area (Å²) in [6.07, 6.45) is 3.82. The third-order valence-electron chi connectivity index (χ3n) is 2.56. The fraction of sp³-hybridized carbons (Fsp3) is 0.700. The van der Waals surface area contributed by atoms with Gasteiger partial charge in [-0.1, -0.05) is 25.5 Å². The first-order valence-corrected chi connectivity index (χ1v) is 4.22. The van der Waals surface area contributed by atoms with E-state index in [0.717, 1.165) is 0 Å². The molecule has 1 aliphatic rings. The largest absolute Gasteiger partial charge is 0.235 e. The molecule has 12 heavy (non-hydrogen) atoms. The Kier molecular flexibility index (Phi) is 2.20. The monoisotopic (exact) mass is 165 g/mol. The second-order valence-electron chi connectivity index (χ2n) is 4.26. The van der Waals surface area contributed by atoms with Crippen LogP contribution in [0.5, 0.6) is 0 Å². The second kappa shape index (κ2) is 2.87. The van der Waals surface area contributed by atoms with Gasteiger partial charge in [0.1, 0.15) is 0 Å². The standard InChI is InChI=1S/C10H15NO/c1-7(2)5-8-9(11-6-12)10(8,3)4/h5,8-9H,1-4H3. The highest BCUT2D eigenvalue weighted by molar-refractivity contribution is 5.37. The van der Waals surface area contributed by atoms with E-state index in [2.05, 4.69) is 38.8 Å². The summed E-state index contributed by atoms with van der Waals surface area (Å²) in [5.41, 5.74) is 1.45. The molecule has 1 saturated carbocycles. The molecule has 2 atom stereocenters. The summed E-state index contributed by atoms with van der Waals surface area (Å²) in [7, 11) is 0. The molecule has 0 aromatic carbocycles. The van der Waals surface area contributed by atoms with Crippen molar-refractivity contribution in [2.45, 2.75) is 33.7 Å². The maximum absolute atomic E-state index is 10.1. The molecule has 0 aromatic rings. The maximum Gasteiger partial charge on any atom is 0.235 e. The van der Waals surface area contributed by atoms with Gasteiger partial charge in [-0.2, -0.15) is 0 Å². The summed E-state index contributed by atoms with van der Waals surface area (Å²) in [4.78, 5) is 13.8. The number of aliphatic imine (C=N–C) groups is 1. The van der Waals surface area contributed by atoms with E-state index in [4.69, 9.17) is 0 Å². The van der Waals surface area contributed by atoms with Crippen LogP contribution < -0.4 is 0 Å². The highest BCUT2D eigenvalue weighted by Crippen LogP contribution is 2.55. The van der Waals surface area contributed by atoms with Gasteiger partial charge >= 0.3 is 0 Å². The number of nitrogens with zero attached hydrogens (tertiary/aromatic N) is 1. The Morgan fingerprint density at radius 1 is 1.50 bits per heavy atom. The number of rotatable bonds is 2. The van der Waals surface area contributed by atoms with Gasteiger partial charge < -0.3 is 0 Å². The van der Waals surface area contributed by atoms with Crippen LogP contribution in [0.15, 0.2) is 16.6 Å². The molecule has 1 fully saturated rings. The van der Waals surface area contributed by atoms with Crippen molar-refractivity contribution in [3.8, 4) is 0 Å². The molecule has 2 unspecified atom stereocenters. The van der Waals surface area contributed by atoms with Gasteiger partial charge in [0.05, 0.1) is 6.04 Å². The lowest BCUT2D eigenvalue weighted by molar-refractivity contribution is 0.555. The lowest BCUT2D eigenvalue weighted by atomic mass is 10.1. The molecule has 0 spiro atoms. The van der Waals surface area contributed by atoms with E-state index in [1.54, 1.807) is 6.08 Å². The normalized spacial score (nSPS) is 30.3. The van der Waals surface area contributed by atoms with E-state index in [1.807, 2.05) is 0 Å². The number of hydrogen-bond acceptors (Lipinski definition) is 2. The van der Waals surface area contributed by atoms with Gasteiger partial charge in [0.2, 0.25) is 6.08 Å². The molecule has 66 valence electrons.